The summed E-state index contributed by atoms with van der Waals surface area (Å²) in [4.78, 5) is 42.1. The topological polar surface area (TPSA) is 79.4 Å². The zero-order chi connectivity index (χ0) is 21.2. The fourth-order valence-electron chi connectivity index (χ4n) is 4.49. The molecule has 2 aliphatic rings. The van der Waals surface area contributed by atoms with Gasteiger partial charge in [-0.05, 0) is 38.7 Å². The van der Waals surface area contributed by atoms with Crippen LogP contribution in [0.5, 0.6) is 0 Å². The Hall–Kier alpha value is -2.09. The number of hydrogen-bond acceptors (Lipinski definition) is 5. The van der Waals surface area contributed by atoms with Crippen molar-refractivity contribution < 1.29 is 23.9 Å². The number of esters is 1. The molecule has 158 valence electrons. The molecule has 0 aromatic carbocycles. The van der Waals surface area contributed by atoms with Crippen LogP contribution in [-0.4, -0.2) is 83.8 Å². The molecule has 0 aromatic heterocycles. The third-order valence-electron chi connectivity index (χ3n) is 6.08. The highest BCUT2D eigenvalue weighted by molar-refractivity contribution is 5.87. The monoisotopic (exact) mass is 395 g/mol. The third-order valence-corrected chi connectivity index (χ3v) is 6.08. The summed E-state index contributed by atoms with van der Waals surface area (Å²) in [6.07, 6.45) is 2.24. The van der Waals surface area contributed by atoms with Crippen LogP contribution in [0.4, 0.5) is 4.79 Å². The number of amides is 3. The largest absolute Gasteiger partial charge is 0.467 e. The Bertz CT molecular complexity index is 627. The molecule has 28 heavy (non-hydrogen) atoms. The van der Waals surface area contributed by atoms with E-state index in [4.69, 9.17) is 9.47 Å². The number of ether oxygens (including phenoxy) is 2. The Morgan fingerprint density at radius 1 is 1.25 bits per heavy atom. The van der Waals surface area contributed by atoms with Crippen LogP contribution in [0, 0.1) is 5.92 Å². The minimum Gasteiger partial charge on any atom is -0.467 e. The quantitative estimate of drug-likeness (QED) is 0.536. The molecule has 0 aromatic rings. The summed E-state index contributed by atoms with van der Waals surface area (Å²) < 4.78 is 11.1. The summed E-state index contributed by atoms with van der Waals surface area (Å²) in [5.41, 5.74) is -0.465. The maximum atomic E-state index is 13.0. The highest BCUT2D eigenvalue weighted by Gasteiger charge is 2.52. The lowest BCUT2D eigenvalue weighted by Gasteiger charge is -2.43. The number of hydrogen-bond donors (Lipinski definition) is 0. The van der Waals surface area contributed by atoms with Gasteiger partial charge >= 0.3 is 12.0 Å². The SMILES string of the molecule is C=CC(=O)N1[C@H](C)OC2(CCN(C(=O)N(C)C(C(=O)OC)C(C)C)CC2)[C@H]1C. The lowest BCUT2D eigenvalue weighted by atomic mass is 9.85. The van der Waals surface area contributed by atoms with Gasteiger partial charge in [0.1, 0.15) is 12.3 Å². The number of likely N-dealkylation sites (tertiary alicyclic amines) is 1. The molecule has 0 radical (unpaired) electrons. The van der Waals surface area contributed by atoms with E-state index in [0.717, 1.165) is 0 Å². The average molecular weight is 396 g/mol. The predicted octanol–water partition coefficient (Wildman–Crippen LogP) is 1.85. The first-order valence-electron chi connectivity index (χ1n) is 9.81. The zero-order valence-corrected chi connectivity index (χ0v) is 17.8. The molecule has 1 spiro atoms. The first kappa shape index (κ1) is 22.2. The second-order valence-corrected chi connectivity index (χ2v) is 8.00. The van der Waals surface area contributed by atoms with Gasteiger partial charge in [-0.25, -0.2) is 9.59 Å². The molecule has 0 saturated carbocycles. The van der Waals surface area contributed by atoms with E-state index in [1.54, 1.807) is 16.8 Å². The summed E-state index contributed by atoms with van der Waals surface area (Å²) in [6.45, 7) is 12.2. The number of carbonyl (C=O) groups is 3. The van der Waals surface area contributed by atoms with Crippen LogP contribution in [0.15, 0.2) is 12.7 Å². The standard InChI is InChI=1S/C20H33N3O5/c1-8-16(24)23-14(4)20(28-15(23)5)9-11-22(12-10-20)19(26)21(6)17(13(2)3)18(25)27-7/h8,13-15,17H,1,9-12H2,2-7H3/t14-,15+,17?/m1/s1. The number of piperidine rings is 1. The van der Waals surface area contributed by atoms with Gasteiger partial charge in [-0.15, -0.1) is 0 Å². The molecule has 3 amide bonds. The Labute approximate surface area is 167 Å². The minimum atomic E-state index is -0.629. The molecule has 2 rings (SSSR count). The van der Waals surface area contributed by atoms with E-state index >= 15 is 0 Å². The van der Waals surface area contributed by atoms with Gasteiger partial charge in [0.15, 0.2) is 0 Å². The molecule has 2 heterocycles. The van der Waals surface area contributed by atoms with Crippen molar-refractivity contribution in [1.29, 1.82) is 0 Å². The Kier molecular flexibility index (Phi) is 6.75. The van der Waals surface area contributed by atoms with Crippen molar-refractivity contribution in [3.63, 3.8) is 0 Å². The normalized spacial score (nSPS) is 25.0. The molecule has 8 nitrogen and oxygen atoms in total. The molecular weight excluding hydrogens is 362 g/mol. The van der Waals surface area contributed by atoms with Crippen LogP contribution in [0.25, 0.3) is 0 Å². The molecule has 1 unspecified atom stereocenters. The van der Waals surface area contributed by atoms with Crippen molar-refractivity contribution in [2.45, 2.75) is 64.4 Å². The van der Waals surface area contributed by atoms with Crippen LogP contribution >= 0.6 is 0 Å². The summed E-state index contributed by atoms with van der Waals surface area (Å²) in [5.74, 6) is -0.623. The second kappa shape index (κ2) is 8.51. The van der Waals surface area contributed by atoms with Crippen molar-refractivity contribution in [1.82, 2.24) is 14.7 Å². The first-order valence-corrected chi connectivity index (χ1v) is 9.81. The lowest BCUT2D eigenvalue weighted by Crippen LogP contribution is -2.57. The molecular formula is C20H33N3O5. The molecule has 0 N–H and O–H groups in total. The molecule has 0 bridgehead atoms. The fourth-order valence-corrected chi connectivity index (χ4v) is 4.49. The molecule has 3 atom stereocenters. The van der Waals surface area contributed by atoms with Gasteiger partial charge in [0, 0.05) is 20.1 Å². The van der Waals surface area contributed by atoms with Crippen LogP contribution in [-0.2, 0) is 19.1 Å². The summed E-state index contributed by atoms with van der Waals surface area (Å²) in [6, 6.07) is -0.922. The van der Waals surface area contributed by atoms with Crippen molar-refractivity contribution in [2.75, 3.05) is 27.2 Å². The van der Waals surface area contributed by atoms with E-state index in [-0.39, 0.29) is 30.1 Å². The molecule has 2 aliphatic heterocycles. The lowest BCUT2D eigenvalue weighted by molar-refractivity contribution is -0.147. The maximum Gasteiger partial charge on any atom is 0.328 e. The summed E-state index contributed by atoms with van der Waals surface area (Å²) in [5, 5.41) is 0. The number of nitrogens with zero attached hydrogens (tertiary/aromatic N) is 3. The number of likely N-dealkylation sites (N-methyl/N-ethyl adjacent to an activating group) is 1. The minimum absolute atomic E-state index is 0.0601. The fraction of sp³-hybridized carbons (Fsp3) is 0.750. The van der Waals surface area contributed by atoms with Gasteiger partial charge in [0.25, 0.3) is 0 Å². The number of rotatable bonds is 4. The average Bonchev–Trinajstić information content (AvgIpc) is 2.90. The van der Waals surface area contributed by atoms with E-state index in [9.17, 15) is 14.4 Å². The Morgan fingerprint density at radius 3 is 2.29 bits per heavy atom. The van der Waals surface area contributed by atoms with Crippen molar-refractivity contribution >= 4 is 17.9 Å². The predicted molar refractivity (Wildman–Crippen MR) is 104 cm³/mol. The third kappa shape index (κ3) is 3.87. The smallest absolute Gasteiger partial charge is 0.328 e. The first-order chi connectivity index (χ1) is 13.1. The number of urea groups is 1. The summed E-state index contributed by atoms with van der Waals surface area (Å²) >= 11 is 0. The van der Waals surface area contributed by atoms with E-state index < -0.39 is 17.6 Å². The second-order valence-electron chi connectivity index (χ2n) is 8.00. The summed E-state index contributed by atoms with van der Waals surface area (Å²) in [7, 11) is 2.96. The Morgan fingerprint density at radius 2 is 1.82 bits per heavy atom. The van der Waals surface area contributed by atoms with Crippen LogP contribution in [0.2, 0.25) is 0 Å². The van der Waals surface area contributed by atoms with Crippen LogP contribution in [0.3, 0.4) is 0 Å². The maximum absolute atomic E-state index is 13.0. The zero-order valence-electron chi connectivity index (χ0n) is 17.8. The van der Waals surface area contributed by atoms with E-state index in [1.165, 1.54) is 18.1 Å². The number of carbonyl (C=O) groups excluding carboxylic acids is 3. The van der Waals surface area contributed by atoms with Gasteiger partial charge in [-0.3, -0.25) is 4.79 Å². The van der Waals surface area contributed by atoms with Crippen LogP contribution < -0.4 is 0 Å². The van der Waals surface area contributed by atoms with Crippen molar-refractivity contribution in [3.8, 4) is 0 Å². The van der Waals surface area contributed by atoms with E-state index in [2.05, 4.69) is 6.58 Å². The molecule has 0 aliphatic carbocycles. The van der Waals surface area contributed by atoms with Crippen molar-refractivity contribution in [3.05, 3.63) is 12.7 Å². The molecule has 2 saturated heterocycles. The van der Waals surface area contributed by atoms with Gasteiger partial charge in [0.2, 0.25) is 5.91 Å². The van der Waals surface area contributed by atoms with Crippen molar-refractivity contribution in [2.24, 2.45) is 5.92 Å². The van der Waals surface area contributed by atoms with Gasteiger partial charge in [-0.1, -0.05) is 20.4 Å². The van der Waals surface area contributed by atoms with E-state index in [0.29, 0.717) is 25.9 Å². The highest BCUT2D eigenvalue weighted by Crippen LogP contribution is 2.40. The highest BCUT2D eigenvalue weighted by atomic mass is 16.5. The van der Waals surface area contributed by atoms with Gasteiger partial charge in [0.05, 0.1) is 18.8 Å². The van der Waals surface area contributed by atoms with E-state index in [1.807, 2.05) is 27.7 Å². The molecule has 8 heteroatoms. The van der Waals surface area contributed by atoms with Gasteiger partial charge in [-0.2, -0.15) is 0 Å². The molecule has 2 fully saturated rings. The number of methoxy groups -OCH3 is 1. The Balaban J connectivity index is 2.07. The van der Waals surface area contributed by atoms with Gasteiger partial charge < -0.3 is 24.2 Å². The van der Waals surface area contributed by atoms with Crippen LogP contribution in [0.1, 0.15) is 40.5 Å².